The standard InChI is InChI=1S/C11H15N3O/c1-8-4-5-15-11(8)7-12-10-6-13-14(3)9(10)2/h4-6,12H,7H2,1-3H3. The Hall–Kier alpha value is -1.71. The fourth-order valence-corrected chi connectivity index (χ4v) is 1.43. The van der Waals surface area contributed by atoms with E-state index in [1.807, 2.05) is 37.8 Å². The largest absolute Gasteiger partial charge is 0.467 e. The minimum atomic E-state index is 0.700. The molecular formula is C11H15N3O. The summed E-state index contributed by atoms with van der Waals surface area (Å²) < 4.78 is 7.19. The van der Waals surface area contributed by atoms with Gasteiger partial charge in [0.05, 0.1) is 30.4 Å². The van der Waals surface area contributed by atoms with Crippen LogP contribution in [0.1, 0.15) is 17.0 Å². The highest BCUT2D eigenvalue weighted by molar-refractivity contribution is 5.46. The van der Waals surface area contributed by atoms with E-state index < -0.39 is 0 Å². The van der Waals surface area contributed by atoms with Crippen LogP contribution in [-0.2, 0) is 13.6 Å². The van der Waals surface area contributed by atoms with E-state index in [9.17, 15) is 0 Å². The molecule has 0 spiro atoms. The second-order valence-corrected chi connectivity index (χ2v) is 3.65. The van der Waals surface area contributed by atoms with Crippen LogP contribution in [0.2, 0.25) is 0 Å². The number of anilines is 1. The van der Waals surface area contributed by atoms with Crippen LogP contribution in [0, 0.1) is 13.8 Å². The SMILES string of the molecule is Cc1ccoc1CNc1cnn(C)c1C. The molecule has 0 aliphatic heterocycles. The van der Waals surface area contributed by atoms with Gasteiger partial charge >= 0.3 is 0 Å². The molecule has 0 bridgehead atoms. The van der Waals surface area contributed by atoms with Gasteiger partial charge in [0.1, 0.15) is 5.76 Å². The molecule has 2 heterocycles. The number of aromatic nitrogens is 2. The van der Waals surface area contributed by atoms with Gasteiger partial charge in [-0.3, -0.25) is 4.68 Å². The Bertz CT molecular complexity index is 456. The Labute approximate surface area is 88.9 Å². The van der Waals surface area contributed by atoms with E-state index in [0.717, 1.165) is 17.1 Å². The van der Waals surface area contributed by atoms with E-state index in [-0.39, 0.29) is 0 Å². The van der Waals surface area contributed by atoms with Crippen LogP contribution in [0.4, 0.5) is 5.69 Å². The summed E-state index contributed by atoms with van der Waals surface area (Å²) in [4.78, 5) is 0. The molecule has 0 saturated carbocycles. The lowest BCUT2D eigenvalue weighted by Crippen LogP contribution is -2.01. The minimum absolute atomic E-state index is 0.700. The molecule has 80 valence electrons. The number of hydrogen-bond acceptors (Lipinski definition) is 3. The molecule has 2 aromatic rings. The summed E-state index contributed by atoms with van der Waals surface area (Å²) in [6, 6.07) is 1.97. The topological polar surface area (TPSA) is 43.0 Å². The average molecular weight is 205 g/mol. The molecule has 15 heavy (non-hydrogen) atoms. The quantitative estimate of drug-likeness (QED) is 0.835. The van der Waals surface area contributed by atoms with Gasteiger partial charge in [-0.1, -0.05) is 0 Å². The molecule has 1 N–H and O–H groups in total. The predicted molar refractivity (Wildman–Crippen MR) is 58.7 cm³/mol. The van der Waals surface area contributed by atoms with Crippen LogP contribution >= 0.6 is 0 Å². The Kier molecular flexibility index (Phi) is 2.49. The lowest BCUT2D eigenvalue weighted by molar-refractivity contribution is 0.515. The zero-order valence-corrected chi connectivity index (χ0v) is 9.24. The molecule has 2 rings (SSSR count). The van der Waals surface area contributed by atoms with Gasteiger partial charge in [0.15, 0.2) is 0 Å². The lowest BCUT2D eigenvalue weighted by Gasteiger charge is -2.04. The first kappa shape index (κ1) is 9.83. The summed E-state index contributed by atoms with van der Waals surface area (Å²) in [6.45, 7) is 4.77. The molecule has 0 fully saturated rings. The zero-order valence-electron chi connectivity index (χ0n) is 9.24. The van der Waals surface area contributed by atoms with Crippen LogP contribution in [0.5, 0.6) is 0 Å². The molecule has 0 unspecified atom stereocenters. The van der Waals surface area contributed by atoms with Gasteiger partial charge in [0.2, 0.25) is 0 Å². The van der Waals surface area contributed by atoms with Gasteiger partial charge in [-0.05, 0) is 25.5 Å². The number of aryl methyl sites for hydroxylation is 2. The molecule has 4 nitrogen and oxygen atoms in total. The van der Waals surface area contributed by atoms with Crippen LogP contribution < -0.4 is 5.32 Å². The third-order valence-electron chi connectivity index (χ3n) is 2.64. The first-order chi connectivity index (χ1) is 7.18. The van der Waals surface area contributed by atoms with Crippen molar-refractivity contribution in [3.05, 3.63) is 35.5 Å². The summed E-state index contributed by atoms with van der Waals surface area (Å²) in [5, 5.41) is 7.46. The van der Waals surface area contributed by atoms with Crippen molar-refractivity contribution in [3.8, 4) is 0 Å². The average Bonchev–Trinajstić information content (AvgIpc) is 2.74. The molecular weight excluding hydrogens is 190 g/mol. The number of hydrogen-bond donors (Lipinski definition) is 1. The second-order valence-electron chi connectivity index (χ2n) is 3.65. The molecule has 0 radical (unpaired) electrons. The van der Waals surface area contributed by atoms with E-state index in [0.29, 0.717) is 6.54 Å². The Balaban J connectivity index is 2.05. The van der Waals surface area contributed by atoms with Crippen molar-refractivity contribution in [1.82, 2.24) is 9.78 Å². The highest BCUT2D eigenvalue weighted by atomic mass is 16.3. The van der Waals surface area contributed by atoms with Crippen molar-refractivity contribution in [2.75, 3.05) is 5.32 Å². The maximum absolute atomic E-state index is 5.34. The van der Waals surface area contributed by atoms with E-state index >= 15 is 0 Å². The Morgan fingerprint density at radius 2 is 2.27 bits per heavy atom. The van der Waals surface area contributed by atoms with Gasteiger partial charge < -0.3 is 9.73 Å². The van der Waals surface area contributed by atoms with Gasteiger partial charge in [-0.2, -0.15) is 5.10 Å². The second kappa shape index (κ2) is 3.81. The van der Waals surface area contributed by atoms with Crippen molar-refractivity contribution in [2.45, 2.75) is 20.4 Å². The smallest absolute Gasteiger partial charge is 0.125 e. The zero-order chi connectivity index (χ0) is 10.8. The molecule has 0 saturated heterocycles. The molecule has 4 heteroatoms. The Morgan fingerprint density at radius 1 is 1.47 bits per heavy atom. The third kappa shape index (κ3) is 1.88. The molecule has 0 amide bonds. The molecule has 0 aliphatic carbocycles. The summed E-state index contributed by atoms with van der Waals surface area (Å²) >= 11 is 0. The fourth-order valence-electron chi connectivity index (χ4n) is 1.43. The Morgan fingerprint density at radius 3 is 2.80 bits per heavy atom. The first-order valence-electron chi connectivity index (χ1n) is 4.94. The van der Waals surface area contributed by atoms with Gasteiger partial charge in [-0.15, -0.1) is 0 Å². The minimum Gasteiger partial charge on any atom is -0.467 e. The third-order valence-corrected chi connectivity index (χ3v) is 2.64. The summed E-state index contributed by atoms with van der Waals surface area (Å²) in [6.07, 6.45) is 3.54. The van der Waals surface area contributed by atoms with Crippen LogP contribution in [0.15, 0.2) is 22.9 Å². The fraction of sp³-hybridized carbons (Fsp3) is 0.364. The van der Waals surface area contributed by atoms with Crippen molar-refractivity contribution in [2.24, 2.45) is 7.05 Å². The molecule has 0 atom stereocenters. The molecule has 0 aromatic carbocycles. The normalized spacial score (nSPS) is 10.6. The van der Waals surface area contributed by atoms with Gasteiger partial charge in [0, 0.05) is 7.05 Å². The molecule has 2 aromatic heterocycles. The van der Waals surface area contributed by atoms with Crippen molar-refractivity contribution < 1.29 is 4.42 Å². The lowest BCUT2D eigenvalue weighted by atomic mass is 10.3. The van der Waals surface area contributed by atoms with E-state index in [2.05, 4.69) is 10.4 Å². The number of rotatable bonds is 3. The molecule has 0 aliphatic rings. The van der Waals surface area contributed by atoms with Crippen LogP contribution in [0.25, 0.3) is 0 Å². The summed E-state index contributed by atoms with van der Waals surface area (Å²) in [5.41, 5.74) is 3.34. The summed E-state index contributed by atoms with van der Waals surface area (Å²) in [5.74, 6) is 0.971. The van der Waals surface area contributed by atoms with E-state index in [1.54, 1.807) is 6.26 Å². The van der Waals surface area contributed by atoms with Crippen LogP contribution in [0.3, 0.4) is 0 Å². The highest BCUT2D eigenvalue weighted by Gasteiger charge is 2.05. The van der Waals surface area contributed by atoms with E-state index in [4.69, 9.17) is 4.42 Å². The van der Waals surface area contributed by atoms with Crippen LogP contribution in [-0.4, -0.2) is 9.78 Å². The highest BCUT2D eigenvalue weighted by Crippen LogP contribution is 2.15. The number of nitrogens with one attached hydrogen (secondary N) is 1. The van der Waals surface area contributed by atoms with Gasteiger partial charge in [0.25, 0.3) is 0 Å². The number of nitrogens with zero attached hydrogens (tertiary/aromatic N) is 2. The monoisotopic (exact) mass is 205 g/mol. The van der Waals surface area contributed by atoms with E-state index in [1.165, 1.54) is 5.56 Å². The maximum atomic E-state index is 5.34. The predicted octanol–water partition coefficient (Wildman–Crippen LogP) is 2.24. The summed E-state index contributed by atoms with van der Waals surface area (Å²) in [7, 11) is 1.93. The van der Waals surface area contributed by atoms with Gasteiger partial charge in [-0.25, -0.2) is 0 Å². The van der Waals surface area contributed by atoms with Crippen molar-refractivity contribution in [3.63, 3.8) is 0 Å². The first-order valence-corrected chi connectivity index (χ1v) is 4.94. The van der Waals surface area contributed by atoms with Crippen molar-refractivity contribution >= 4 is 5.69 Å². The number of furan rings is 1. The van der Waals surface area contributed by atoms with Crippen molar-refractivity contribution in [1.29, 1.82) is 0 Å². The maximum Gasteiger partial charge on any atom is 0.125 e.